The van der Waals surface area contributed by atoms with Crippen LogP contribution in [0.5, 0.6) is 0 Å². The highest BCUT2D eigenvalue weighted by molar-refractivity contribution is 5.99. The highest BCUT2D eigenvalue weighted by Gasteiger charge is 2.28. The summed E-state index contributed by atoms with van der Waals surface area (Å²) >= 11 is 0. The molecule has 3 aromatic carbocycles. The van der Waals surface area contributed by atoms with E-state index in [0.717, 1.165) is 28.1 Å². The van der Waals surface area contributed by atoms with Gasteiger partial charge in [-0.25, -0.2) is 15.0 Å². The van der Waals surface area contributed by atoms with Gasteiger partial charge in [0.15, 0.2) is 23.9 Å². The van der Waals surface area contributed by atoms with Crippen molar-refractivity contribution < 1.29 is 4.70 Å². The Morgan fingerprint density at radius 3 is 1.86 bits per heavy atom. The summed E-state index contributed by atoms with van der Waals surface area (Å²) in [6.07, 6.45) is 1.79. The molecule has 0 saturated carbocycles. The molecule has 0 spiro atoms. The molecular formula is C28H20N7+. The minimum absolute atomic E-state index is 0.456. The van der Waals surface area contributed by atoms with Crippen molar-refractivity contribution in [1.29, 1.82) is 0 Å². The number of benzene rings is 3. The molecule has 35 heavy (non-hydrogen) atoms. The topological polar surface area (TPSA) is 79.3 Å². The van der Waals surface area contributed by atoms with E-state index in [2.05, 4.69) is 21.4 Å². The first-order chi connectivity index (χ1) is 17.3. The van der Waals surface area contributed by atoms with Crippen molar-refractivity contribution in [2.75, 3.05) is 6.54 Å². The third-order valence-corrected chi connectivity index (χ3v) is 5.64. The Morgan fingerprint density at radius 2 is 1.20 bits per heavy atom. The maximum absolute atomic E-state index is 4.75. The zero-order valence-corrected chi connectivity index (χ0v) is 18.7. The molecule has 0 fully saturated rings. The van der Waals surface area contributed by atoms with Crippen molar-refractivity contribution in [2.24, 2.45) is 10.3 Å². The molecule has 2 aromatic heterocycles. The van der Waals surface area contributed by atoms with Crippen molar-refractivity contribution in [3.05, 3.63) is 115 Å². The second-order valence-electron chi connectivity index (χ2n) is 8.00. The molecule has 0 radical (unpaired) electrons. The maximum atomic E-state index is 4.75. The third-order valence-electron chi connectivity index (χ3n) is 5.64. The molecule has 0 saturated heterocycles. The van der Waals surface area contributed by atoms with E-state index < -0.39 is 0 Å². The molecule has 0 unspecified atom stereocenters. The van der Waals surface area contributed by atoms with Gasteiger partial charge in [-0.05, 0) is 24.3 Å². The predicted molar refractivity (Wildman–Crippen MR) is 134 cm³/mol. The number of hydrogen-bond acceptors (Lipinski definition) is 6. The van der Waals surface area contributed by atoms with Crippen molar-refractivity contribution in [3.63, 3.8) is 0 Å². The van der Waals surface area contributed by atoms with Crippen LogP contribution in [0.4, 0.5) is 5.69 Å². The van der Waals surface area contributed by atoms with Crippen LogP contribution < -0.4 is 0 Å². The van der Waals surface area contributed by atoms with Gasteiger partial charge in [-0.3, -0.25) is 4.98 Å². The predicted octanol–water partition coefficient (Wildman–Crippen LogP) is 5.78. The molecule has 1 aliphatic heterocycles. The van der Waals surface area contributed by atoms with Gasteiger partial charge in [0.1, 0.15) is 5.22 Å². The molecule has 7 heteroatoms. The lowest BCUT2D eigenvalue weighted by molar-refractivity contribution is -0.492. The Hall–Kier alpha value is -4.91. The smallest absolute Gasteiger partial charge is 0.256 e. The van der Waals surface area contributed by atoms with Crippen molar-refractivity contribution in [3.8, 4) is 34.0 Å². The first kappa shape index (κ1) is 20.7. The van der Waals surface area contributed by atoms with E-state index in [4.69, 9.17) is 15.0 Å². The quantitative estimate of drug-likeness (QED) is 0.315. The molecule has 0 N–H and O–H groups in total. The van der Waals surface area contributed by atoms with E-state index >= 15 is 0 Å². The van der Waals surface area contributed by atoms with Gasteiger partial charge in [-0.15, -0.1) is 4.70 Å². The lowest BCUT2D eigenvalue weighted by atomic mass is 10.1. The fraction of sp³-hybridized carbons (Fsp3) is 0.0357. The van der Waals surface area contributed by atoms with Gasteiger partial charge in [0, 0.05) is 22.9 Å². The summed E-state index contributed by atoms with van der Waals surface area (Å²) < 4.78 is 1.84. The molecule has 5 aromatic rings. The van der Waals surface area contributed by atoms with Crippen LogP contribution in [0.1, 0.15) is 5.82 Å². The number of pyridine rings is 1. The second kappa shape index (κ2) is 9.15. The van der Waals surface area contributed by atoms with Crippen LogP contribution in [0.25, 0.3) is 34.0 Å². The highest BCUT2D eigenvalue weighted by atomic mass is 15.5. The molecule has 0 aliphatic carbocycles. The van der Waals surface area contributed by atoms with Crippen molar-refractivity contribution in [1.82, 2.24) is 19.9 Å². The minimum Gasteiger partial charge on any atom is -0.256 e. The number of aromatic nitrogens is 4. The summed E-state index contributed by atoms with van der Waals surface area (Å²) in [5.41, 5.74) is 5.38. The minimum atomic E-state index is 0.456. The van der Waals surface area contributed by atoms with E-state index in [0.29, 0.717) is 29.7 Å². The van der Waals surface area contributed by atoms with Gasteiger partial charge in [0.05, 0.1) is 10.8 Å². The summed E-state index contributed by atoms with van der Waals surface area (Å²) in [6.45, 7) is 0.456. The monoisotopic (exact) mass is 454 g/mol. The van der Waals surface area contributed by atoms with Crippen molar-refractivity contribution >= 4 is 11.4 Å². The van der Waals surface area contributed by atoms with Gasteiger partial charge >= 0.3 is 0 Å². The average Bonchev–Trinajstić information content (AvgIpc) is 3.45. The SMILES string of the molecule is c1ccc(-c2nc(C3=NN=[N+](c4cccc(-c5ccccn5)c4)C3)nc(-c3ccccc3)n2)cc1. The van der Waals surface area contributed by atoms with Crippen LogP contribution in [-0.4, -0.2) is 36.9 Å². The number of rotatable bonds is 5. The zero-order chi connectivity index (χ0) is 23.5. The van der Waals surface area contributed by atoms with E-state index in [-0.39, 0.29) is 0 Å². The first-order valence-corrected chi connectivity index (χ1v) is 11.3. The van der Waals surface area contributed by atoms with Gasteiger partial charge in [0.2, 0.25) is 5.82 Å². The number of hydrogen-bond donors (Lipinski definition) is 0. The first-order valence-electron chi connectivity index (χ1n) is 11.3. The van der Waals surface area contributed by atoms with Crippen LogP contribution in [0.3, 0.4) is 0 Å². The van der Waals surface area contributed by atoms with Crippen molar-refractivity contribution in [2.45, 2.75) is 0 Å². The van der Waals surface area contributed by atoms with Crippen LogP contribution in [0.2, 0.25) is 0 Å². The van der Waals surface area contributed by atoms with E-state index in [1.165, 1.54) is 0 Å². The molecule has 0 amide bonds. The van der Waals surface area contributed by atoms with Crippen LogP contribution in [-0.2, 0) is 0 Å². The van der Waals surface area contributed by atoms with E-state index in [9.17, 15) is 0 Å². The molecular weight excluding hydrogens is 434 g/mol. The molecule has 3 heterocycles. The molecule has 0 atom stereocenters. The van der Waals surface area contributed by atoms with Gasteiger partial charge in [-0.1, -0.05) is 78.9 Å². The lowest BCUT2D eigenvalue weighted by Gasteiger charge is -2.06. The van der Waals surface area contributed by atoms with E-state index in [1.807, 2.05) is 102 Å². The summed E-state index contributed by atoms with van der Waals surface area (Å²) in [5, 5.41) is 8.84. The van der Waals surface area contributed by atoms with E-state index in [1.54, 1.807) is 6.20 Å². The Labute approximate surface area is 202 Å². The molecule has 1 aliphatic rings. The molecule has 0 bridgehead atoms. The fourth-order valence-corrected chi connectivity index (χ4v) is 3.87. The van der Waals surface area contributed by atoms with Gasteiger partial charge in [-0.2, -0.15) is 0 Å². The van der Waals surface area contributed by atoms with Crippen LogP contribution >= 0.6 is 0 Å². The maximum Gasteiger partial charge on any atom is 0.268 e. The third kappa shape index (κ3) is 4.35. The lowest BCUT2D eigenvalue weighted by Crippen LogP contribution is -2.16. The van der Waals surface area contributed by atoms with Crippen LogP contribution in [0.15, 0.2) is 120 Å². The van der Waals surface area contributed by atoms with Gasteiger partial charge in [0.25, 0.3) is 5.71 Å². The van der Waals surface area contributed by atoms with Gasteiger partial charge < -0.3 is 0 Å². The zero-order valence-electron chi connectivity index (χ0n) is 18.7. The fourth-order valence-electron chi connectivity index (χ4n) is 3.87. The second-order valence-corrected chi connectivity index (χ2v) is 8.00. The molecule has 166 valence electrons. The molecule has 6 rings (SSSR count). The summed E-state index contributed by atoms with van der Waals surface area (Å²) in [7, 11) is 0. The summed E-state index contributed by atoms with van der Waals surface area (Å²) in [5.74, 6) is 1.73. The largest absolute Gasteiger partial charge is 0.268 e. The normalized spacial score (nSPS) is 12.8. The Morgan fingerprint density at radius 1 is 0.571 bits per heavy atom. The Kier molecular flexibility index (Phi) is 5.41. The summed E-state index contributed by atoms with van der Waals surface area (Å²) in [6, 6.07) is 33.8. The average molecular weight is 455 g/mol. The highest BCUT2D eigenvalue weighted by Crippen LogP contribution is 2.25. The standard InChI is InChI=1S/C28H20N7/c1-3-10-20(11-4-1)26-30-27(21-12-5-2-6-13-21)32-28(31-26)25-19-35(34-33-25)23-15-9-14-22(18-23)24-16-7-8-17-29-24/h1-18H,19H2/q+1. The molecule has 7 nitrogen and oxygen atoms in total. The Bertz CT molecular complexity index is 1490. The summed E-state index contributed by atoms with van der Waals surface area (Å²) in [4.78, 5) is 18.7. The Balaban J connectivity index is 1.33. The number of nitrogens with zero attached hydrogens (tertiary/aromatic N) is 7. The van der Waals surface area contributed by atoms with Crippen LogP contribution in [0, 0.1) is 0 Å².